The lowest BCUT2D eigenvalue weighted by atomic mass is 9.98. The van der Waals surface area contributed by atoms with Gasteiger partial charge in [0.15, 0.2) is 0 Å². The molecule has 8 nitrogen and oxygen atoms in total. The van der Waals surface area contributed by atoms with Gasteiger partial charge in [-0.05, 0) is 30.2 Å². The van der Waals surface area contributed by atoms with E-state index >= 15 is 0 Å². The first kappa shape index (κ1) is 19.5. The average Bonchev–Trinajstić information content (AvgIpc) is 3.22. The van der Waals surface area contributed by atoms with E-state index in [2.05, 4.69) is 16.0 Å². The molecule has 1 aromatic carbocycles. The monoisotopic (exact) mass is 384 g/mol. The second-order valence-corrected chi connectivity index (χ2v) is 6.76. The number of anilines is 2. The summed E-state index contributed by atoms with van der Waals surface area (Å²) in [6.07, 6.45) is 2.24. The van der Waals surface area contributed by atoms with Crippen LogP contribution in [-0.2, 0) is 16.1 Å². The Bertz CT molecular complexity index is 850. The average molecular weight is 384 g/mol. The number of fused-ring (bicyclic) bond motifs is 1. The highest BCUT2D eigenvalue weighted by Crippen LogP contribution is 2.29. The van der Waals surface area contributed by atoms with Crippen molar-refractivity contribution in [3.8, 4) is 0 Å². The summed E-state index contributed by atoms with van der Waals surface area (Å²) in [5.41, 5.74) is 1.16. The first-order chi connectivity index (χ1) is 13.5. The second-order valence-electron chi connectivity index (χ2n) is 6.76. The molecule has 2 atom stereocenters. The van der Waals surface area contributed by atoms with Gasteiger partial charge in [0.1, 0.15) is 18.3 Å². The molecular formula is C20H24N4O4. The first-order valence-corrected chi connectivity index (χ1v) is 9.26. The predicted octanol–water partition coefficient (Wildman–Crippen LogP) is 2.48. The van der Waals surface area contributed by atoms with Crippen LogP contribution in [0.2, 0.25) is 0 Å². The number of nitrogens with one attached hydrogen (secondary N) is 3. The molecule has 0 aliphatic carbocycles. The van der Waals surface area contributed by atoms with Gasteiger partial charge in [-0.1, -0.05) is 32.4 Å². The van der Waals surface area contributed by atoms with Gasteiger partial charge in [0.05, 0.1) is 24.2 Å². The number of amides is 4. The van der Waals surface area contributed by atoms with E-state index in [1.54, 1.807) is 36.4 Å². The molecule has 0 radical (unpaired) electrons. The Morgan fingerprint density at radius 2 is 2.04 bits per heavy atom. The molecule has 2 heterocycles. The Kier molecular flexibility index (Phi) is 5.98. The Hall–Kier alpha value is -3.29. The van der Waals surface area contributed by atoms with Crippen molar-refractivity contribution in [1.82, 2.24) is 10.6 Å². The highest BCUT2D eigenvalue weighted by atomic mass is 16.3. The Morgan fingerprint density at radius 1 is 1.25 bits per heavy atom. The van der Waals surface area contributed by atoms with Crippen molar-refractivity contribution < 1.29 is 18.8 Å². The molecule has 0 spiro atoms. The van der Waals surface area contributed by atoms with Crippen LogP contribution in [0.3, 0.4) is 0 Å². The van der Waals surface area contributed by atoms with Crippen LogP contribution < -0.4 is 20.9 Å². The van der Waals surface area contributed by atoms with Gasteiger partial charge in [0.25, 0.3) is 0 Å². The highest BCUT2D eigenvalue weighted by Gasteiger charge is 2.31. The van der Waals surface area contributed by atoms with Crippen LogP contribution in [-0.4, -0.2) is 30.4 Å². The van der Waals surface area contributed by atoms with Crippen molar-refractivity contribution in [2.75, 3.05) is 16.8 Å². The molecule has 0 saturated heterocycles. The van der Waals surface area contributed by atoms with Gasteiger partial charge >= 0.3 is 6.03 Å². The minimum atomic E-state index is -0.732. The van der Waals surface area contributed by atoms with E-state index in [-0.39, 0.29) is 30.8 Å². The first-order valence-electron chi connectivity index (χ1n) is 9.26. The molecule has 8 heteroatoms. The van der Waals surface area contributed by atoms with Gasteiger partial charge in [0.2, 0.25) is 11.8 Å². The zero-order chi connectivity index (χ0) is 20.1. The van der Waals surface area contributed by atoms with Gasteiger partial charge in [-0.3, -0.25) is 14.5 Å². The van der Waals surface area contributed by atoms with E-state index < -0.39 is 12.1 Å². The smallest absolute Gasteiger partial charge is 0.323 e. The van der Waals surface area contributed by atoms with Crippen molar-refractivity contribution in [2.45, 2.75) is 32.9 Å². The Labute approximate surface area is 163 Å². The van der Waals surface area contributed by atoms with Crippen molar-refractivity contribution >= 4 is 29.2 Å². The number of benzene rings is 1. The molecule has 0 fully saturated rings. The summed E-state index contributed by atoms with van der Waals surface area (Å²) in [7, 11) is 0. The van der Waals surface area contributed by atoms with Gasteiger partial charge in [-0.15, -0.1) is 0 Å². The van der Waals surface area contributed by atoms with Gasteiger partial charge in [0, 0.05) is 0 Å². The summed E-state index contributed by atoms with van der Waals surface area (Å²) in [5.74, 6) is -0.0383. The molecule has 0 bridgehead atoms. The van der Waals surface area contributed by atoms with Gasteiger partial charge in [-0.25, -0.2) is 4.79 Å². The normalized spacial score (nSPS) is 15.2. The number of carbonyl (C=O) groups is 3. The maximum atomic E-state index is 12.9. The third kappa shape index (κ3) is 4.33. The largest absolute Gasteiger partial charge is 0.467 e. The molecule has 28 heavy (non-hydrogen) atoms. The van der Waals surface area contributed by atoms with Crippen molar-refractivity contribution in [1.29, 1.82) is 0 Å². The van der Waals surface area contributed by atoms with Gasteiger partial charge < -0.3 is 20.4 Å². The number of hydrogen-bond donors (Lipinski definition) is 3. The maximum Gasteiger partial charge on any atom is 0.323 e. The number of urea groups is 1. The van der Waals surface area contributed by atoms with E-state index in [0.717, 1.165) is 0 Å². The molecule has 1 unspecified atom stereocenters. The SMILES string of the molecule is CCC(C)[C@H](NC(=O)N1CC(=O)Nc2ccccc21)C(=O)NCc1ccco1. The predicted molar refractivity (Wildman–Crippen MR) is 105 cm³/mol. The Morgan fingerprint density at radius 3 is 2.75 bits per heavy atom. The van der Waals surface area contributed by atoms with Crippen LogP contribution in [0.5, 0.6) is 0 Å². The van der Waals surface area contributed by atoms with Crippen LogP contribution in [0, 0.1) is 5.92 Å². The standard InChI is InChI=1S/C20H24N4O4/c1-3-13(2)18(19(26)21-11-14-7-6-10-28-14)23-20(27)24-12-17(25)22-15-8-4-5-9-16(15)24/h4-10,13,18H,3,11-12H2,1-2H3,(H,21,26)(H,22,25)(H,23,27)/t13?,18-/m0/s1. The van der Waals surface area contributed by atoms with E-state index in [1.165, 1.54) is 11.2 Å². The van der Waals surface area contributed by atoms with E-state index in [1.807, 2.05) is 13.8 Å². The Balaban J connectivity index is 1.72. The minimum absolute atomic E-state index is 0.0885. The quantitative estimate of drug-likeness (QED) is 0.712. The van der Waals surface area contributed by atoms with Crippen LogP contribution >= 0.6 is 0 Å². The van der Waals surface area contributed by atoms with Gasteiger partial charge in [-0.2, -0.15) is 0 Å². The maximum absolute atomic E-state index is 12.9. The van der Waals surface area contributed by atoms with Crippen LogP contribution in [0.4, 0.5) is 16.2 Å². The summed E-state index contributed by atoms with van der Waals surface area (Å²) in [4.78, 5) is 38.9. The molecule has 3 N–H and O–H groups in total. The number of carbonyl (C=O) groups excluding carboxylic acids is 3. The number of rotatable bonds is 6. The number of hydrogen-bond acceptors (Lipinski definition) is 4. The topological polar surface area (TPSA) is 104 Å². The lowest BCUT2D eigenvalue weighted by Crippen LogP contribution is -2.55. The molecule has 1 aromatic heterocycles. The molecule has 0 saturated carbocycles. The van der Waals surface area contributed by atoms with Crippen LogP contribution in [0.1, 0.15) is 26.0 Å². The lowest BCUT2D eigenvalue weighted by Gasteiger charge is -2.31. The summed E-state index contributed by atoms with van der Waals surface area (Å²) in [6, 6.07) is 9.35. The van der Waals surface area contributed by atoms with Crippen molar-refractivity contribution in [3.63, 3.8) is 0 Å². The highest BCUT2D eigenvalue weighted by molar-refractivity contribution is 6.10. The molecule has 1 aliphatic heterocycles. The van der Waals surface area contributed by atoms with E-state index in [9.17, 15) is 14.4 Å². The summed E-state index contributed by atoms with van der Waals surface area (Å²) < 4.78 is 5.22. The lowest BCUT2D eigenvalue weighted by molar-refractivity contribution is -0.124. The van der Waals surface area contributed by atoms with Crippen molar-refractivity contribution in [3.05, 3.63) is 48.4 Å². The summed E-state index contributed by atoms with van der Waals surface area (Å²) >= 11 is 0. The van der Waals surface area contributed by atoms with E-state index in [4.69, 9.17) is 4.42 Å². The van der Waals surface area contributed by atoms with Crippen LogP contribution in [0.15, 0.2) is 47.1 Å². The summed E-state index contributed by atoms with van der Waals surface area (Å²) in [6.45, 7) is 3.98. The minimum Gasteiger partial charge on any atom is -0.467 e. The van der Waals surface area contributed by atoms with Crippen LogP contribution in [0.25, 0.3) is 0 Å². The van der Waals surface area contributed by atoms with Crippen molar-refractivity contribution in [2.24, 2.45) is 5.92 Å². The zero-order valence-corrected chi connectivity index (χ0v) is 15.9. The third-order valence-corrected chi connectivity index (χ3v) is 4.81. The molecule has 2 aromatic rings. The number of nitrogens with zero attached hydrogens (tertiary/aromatic N) is 1. The number of para-hydroxylation sites is 2. The fraction of sp³-hybridized carbons (Fsp3) is 0.350. The number of furan rings is 1. The molecule has 1 aliphatic rings. The molecule has 148 valence electrons. The molecule has 4 amide bonds. The molecular weight excluding hydrogens is 360 g/mol. The molecule has 3 rings (SSSR count). The third-order valence-electron chi connectivity index (χ3n) is 4.81. The van der Waals surface area contributed by atoms with E-state index in [0.29, 0.717) is 23.6 Å². The fourth-order valence-electron chi connectivity index (χ4n) is 3.02. The zero-order valence-electron chi connectivity index (χ0n) is 15.9. The second kappa shape index (κ2) is 8.60. The fourth-order valence-corrected chi connectivity index (χ4v) is 3.02. The summed E-state index contributed by atoms with van der Waals surface area (Å²) in [5, 5.41) is 8.32.